The number of hydrogen-bond donors (Lipinski definition) is 1. The molecule has 6 nitrogen and oxygen atoms in total. The van der Waals surface area contributed by atoms with E-state index in [4.69, 9.17) is 0 Å². The summed E-state index contributed by atoms with van der Waals surface area (Å²) in [4.78, 5) is 40.9. The Morgan fingerprint density at radius 1 is 1.00 bits per heavy atom. The number of hydrogen-bond acceptors (Lipinski definition) is 3. The van der Waals surface area contributed by atoms with Gasteiger partial charge >= 0.3 is 0 Å². The molecule has 2 aliphatic heterocycles. The zero-order chi connectivity index (χ0) is 19.5. The van der Waals surface area contributed by atoms with Gasteiger partial charge in [0.05, 0.1) is 6.54 Å². The number of benzene rings is 2. The lowest BCUT2D eigenvalue weighted by Crippen LogP contribution is -2.47. The molecular weight excluding hydrogens is 354 g/mol. The number of nitrogens with zero attached hydrogens (tertiary/aromatic N) is 2. The second-order valence-corrected chi connectivity index (χ2v) is 7.20. The second-order valence-electron chi connectivity index (χ2n) is 7.20. The van der Waals surface area contributed by atoms with Crippen LogP contribution in [0, 0.1) is 0 Å². The van der Waals surface area contributed by atoms with E-state index in [9.17, 15) is 14.4 Å². The first-order chi connectivity index (χ1) is 13.6. The van der Waals surface area contributed by atoms with E-state index in [1.807, 2.05) is 54.6 Å². The Hall–Kier alpha value is -3.15. The van der Waals surface area contributed by atoms with Gasteiger partial charge in [0.15, 0.2) is 0 Å². The Morgan fingerprint density at radius 2 is 1.75 bits per heavy atom. The van der Waals surface area contributed by atoms with Crippen LogP contribution in [-0.4, -0.2) is 41.8 Å². The molecule has 3 amide bonds. The zero-order valence-electron chi connectivity index (χ0n) is 15.6. The number of likely N-dealkylation sites (tertiary alicyclic amines) is 1. The molecule has 0 radical (unpaired) electrons. The summed E-state index contributed by atoms with van der Waals surface area (Å²) in [6.45, 7) is 0.984. The summed E-state index contributed by atoms with van der Waals surface area (Å²) in [5.41, 5.74) is 3.06. The van der Waals surface area contributed by atoms with Gasteiger partial charge in [0.1, 0.15) is 6.04 Å². The van der Waals surface area contributed by atoms with Crippen LogP contribution in [0.4, 0.5) is 5.69 Å². The van der Waals surface area contributed by atoms with Crippen molar-refractivity contribution in [1.29, 1.82) is 0 Å². The van der Waals surface area contributed by atoms with Crippen LogP contribution in [0.2, 0.25) is 0 Å². The molecule has 2 aromatic rings. The highest BCUT2D eigenvalue weighted by molar-refractivity contribution is 5.99. The molecule has 2 aliphatic rings. The van der Waals surface area contributed by atoms with Crippen LogP contribution < -0.4 is 10.2 Å². The van der Waals surface area contributed by atoms with Crippen LogP contribution in [0.5, 0.6) is 0 Å². The quantitative estimate of drug-likeness (QED) is 0.865. The van der Waals surface area contributed by atoms with Crippen molar-refractivity contribution in [2.75, 3.05) is 18.0 Å². The lowest BCUT2D eigenvalue weighted by molar-refractivity contribution is -0.136. The molecule has 4 rings (SSSR count). The molecule has 0 saturated carbocycles. The summed E-state index contributed by atoms with van der Waals surface area (Å²) in [5, 5.41) is 2.74. The van der Waals surface area contributed by atoms with E-state index < -0.39 is 6.04 Å². The van der Waals surface area contributed by atoms with Crippen LogP contribution >= 0.6 is 0 Å². The number of carbonyl (C=O) groups is 3. The Labute approximate surface area is 164 Å². The van der Waals surface area contributed by atoms with Crippen LogP contribution in [-0.2, 0) is 27.3 Å². The summed E-state index contributed by atoms with van der Waals surface area (Å²) >= 11 is 0. The van der Waals surface area contributed by atoms with Gasteiger partial charge in [-0.3, -0.25) is 14.4 Å². The minimum Gasteiger partial charge on any atom is -0.345 e. The Bertz CT molecular complexity index is 897. The van der Waals surface area contributed by atoms with E-state index in [2.05, 4.69) is 5.32 Å². The highest BCUT2D eigenvalue weighted by Crippen LogP contribution is 2.27. The molecule has 1 N–H and O–H groups in total. The summed E-state index contributed by atoms with van der Waals surface area (Å²) < 4.78 is 0. The van der Waals surface area contributed by atoms with Crippen molar-refractivity contribution in [2.45, 2.75) is 31.8 Å². The fraction of sp³-hybridized carbons (Fsp3) is 0.318. The smallest absolute Gasteiger partial charge is 0.246 e. The minimum absolute atomic E-state index is 0.0243. The number of rotatable bonds is 5. The van der Waals surface area contributed by atoms with Crippen molar-refractivity contribution in [3.05, 3.63) is 65.7 Å². The molecule has 0 aromatic heterocycles. The lowest BCUT2D eigenvalue weighted by Gasteiger charge is -2.24. The third-order valence-corrected chi connectivity index (χ3v) is 5.43. The molecule has 1 unspecified atom stereocenters. The van der Waals surface area contributed by atoms with Crippen molar-refractivity contribution in [3.8, 4) is 0 Å². The van der Waals surface area contributed by atoms with Gasteiger partial charge < -0.3 is 15.1 Å². The van der Waals surface area contributed by atoms with Crippen molar-refractivity contribution >= 4 is 23.4 Å². The topological polar surface area (TPSA) is 69.7 Å². The van der Waals surface area contributed by atoms with Crippen LogP contribution in [0.15, 0.2) is 54.6 Å². The predicted octanol–water partition coefficient (Wildman–Crippen LogP) is 1.88. The van der Waals surface area contributed by atoms with E-state index in [1.165, 1.54) is 0 Å². The maximum Gasteiger partial charge on any atom is 0.246 e. The monoisotopic (exact) mass is 377 g/mol. The highest BCUT2D eigenvalue weighted by atomic mass is 16.2. The van der Waals surface area contributed by atoms with Gasteiger partial charge in [-0.2, -0.15) is 0 Å². The van der Waals surface area contributed by atoms with Gasteiger partial charge in [-0.05, 0) is 30.0 Å². The average Bonchev–Trinajstić information content (AvgIpc) is 3.31. The molecule has 1 saturated heterocycles. The molecule has 0 spiro atoms. The van der Waals surface area contributed by atoms with Crippen LogP contribution in [0.3, 0.4) is 0 Å². The van der Waals surface area contributed by atoms with Crippen molar-refractivity contribution in [3.63, 3.8) is 0 Å². The SMILES string of the molecule is O=C(NCC(=O)N1CCc2ccccc21)C1CCC(=O)N1Cc1ccccc1. The summed E-state index contributed by atoms with van der Waals surface area (Å²) in [6.07, 6.45) is 1.68. The first kappa shape index (κ1) is 18.2. The van der Waals surface area contributed by atoms with Crippen molar-refractivity contribution in [2.24, 2.45) is 0 Å². The Kier molecular flexibility index (Phi) is 5.10. The second kappa shape index (κ2) is 7.84. The molecule has 0 bridgehead atoms. The maximum absolute atomic E-state index is 12.7. The van der Waals surface area contributed by atoms with Gasteiger partial charge in [0, 0.05) is 25.2 Å². The molecule has 1 fully saturated rings. The number of carbonyl (C=O) groups excluding carboxylic acids is 3. The van der Waals surface area contributed by atoms with E-state index in [-0.39, 0.29) is 24.3 Å². The standard InChI is InChI=1S/C22H23N3O3/c26-20-11-10-19(25(20)15-16-6-2-1-3-7-16)22(28)23-14-21(27)24-13-12-17-8-4-5-9-18(17)24/h1-9,19H,10-15H2,(H,23,28). The summed E-state index contributed by atoms with van der Waals surface area (Å²) in [7, 11) is 0. The minimum atomic E-state index is -0.522. The zero-order valence-corrected chi connectivity index (χ0v) is 15.6. The van der Waals surface area contributed by atoms with E-state index >= 15 is 0 Å². The number of para-hydroxylation sites is 1. The van der Waals surface area contributed by atoms with Gasteiger partial charge in [0.25, 0.3) is 0 Å². The lowest BCUT2D eigenvalue weighted by atomic mass is 10.1. The molecule has 1 atom stereocenters. The molecule has 144 valence electrons. The predicted molar refractivity (Wildman–Crippen MR) is 106 cm³/mol. The number of amides is 3. The van der Waals surface area contributed by atoms with E-state index in [0.29, 0.717) is 25.9 Å². The van der Waals surface area contributed by atoms with Crippen molar-refractivity contribution < 1.29 is 14.4 Å². The fourth-order valence-corrected chi connectivity index (χ4v) is 3.96. The molecule has 2 aromatic carbocycles. The molecule has 0 aliphatic carbocycles. The Balaban J connectivity index is 1.36. The van der Waals surface area contributed by atoms with E-state index in [1.54, 1.807) is 9.80 Å². The number of anilines is 1. The van der Waals surface area contributed by atoms with Gasteiger partial charge in [-0.15, -0.1) is 0 Å². The van der Waals surface area contributed by atoms with Gasteiger partial charge in [-0.25, -0.2) is 0 Å². The summed E-state index contributed by atoms with van der Waals surface area (Å²) in [5.74, 6) is -0.413. The largest absolute Gasteiger partial charge is 0.345 e. The third-order valence-electron chi connectivity index (χ3n) is 5.43. The van der Waals surface area contributed by atoms with Crippen LogP contribution in [0.1, 0.15) is 24.0 Å². The number of nitrogens with one attached hydrogen (secondary N) is 1. The highest BCUT2D eigenvalue weighted by Gasteiger charge is 2.36. The molecule has 28 heavy (non-hydrogen) atoms. The third kappa shape index (κ3) is 3.63. The molecule has 2 heterocycles. The van der Waals surface area contributed by atoms with Gasteiger partial charge in [-0.1, -0.05) is 48.5 Å². The average molecular weight is 377 g/mol. The molecule has 6 heteroatoms. The number of fused-ring (bicyclic) bond motifs is 1. The summed E-state index contributed by atoms with van der Waals surface area (Å²) in [6, 6.07) is 16.9. The van der Waals surface area contributed by atoms with Crippen LogP contribution in [0.25, 0.3) is 0 Å². The van der Waals surface area contributed by atoms with Gasteiger partial charge in [0.2, 0.25) is 17.7 Å². The van der Waals surface area contributed by atoms with E-state index in [0.717, 1.165) is 23.2 Å². The Morgan fingerprint density at radius 3 is 2.57 bits per heavy atom. The normalized spacial score (nSPS) is 18.3. The first-order valence-electron chi connectivity index (χ1n) is 9.63. The van der Waals surface area contributed by atoms with Crippen molar-refractivity contribution in [1.82, 2.24) is 10.2 Å². The first-order valence-corrected chi connectivity index (χ1v) is 9.63. The molecular formula is C22H23N3O3. The maximum atomic E-state index is 12.7. The fourth-order valence-electron chi connectivity index (χ4n) is 3.96.